The van der Waals surface area contributed by atoms with Crippen molar-refractivity contribution in [2.75, 3.05) is 5.73 Å². The molecule has 0 aromatic heterocycles. The quantitative estimate of drug-likeness (QED) is 0.437. The fraction of sp³-hybridized carbons (Fsp3) is 0. The van der Waals surface area contributed by atoms with Crippen molar-refractivity contribution < 1.29 is 18.1 Å². The van der Waals surface area contributed by atoms with Gasteiger partial charge in [0, 0.05) is 11.3 Å². The van der Waals surface area contributed by atoms with Crippen LogP contribution in [0.25, 0.3) is 11.1 Å². The van der Waals surface area contributed by atoms with E-state index in [1.807, 2.05) is 0 Å². The molecule has 0 unspecified atom stereocenters. The zero-order chi connectivity index (χ0) is 13.3. The molecule has 94 valence electrons. The van der Waals surface area contributed by atoms with Crippen LogP contribution >= 0.6 is 0 Å². The number of hydrogen-bond donors (Lipinski definition) is 3. The topological polar surface area (TPSA) is 101 Å². The molecule has 0 spiro atoms. The van der Waals surface area contributed by atoms with Crippen molar-refractivity contribution in [3.63, 3.8) is 0 Å². The summed E-state index contributed by atoms with van der Waals surface area (Å²) < 4.78 is 31.3. The Morgan fingerprint density at radius 1 is 1.06 bits per heavy atom. The standard InChI is InChI=1S/C12H11NO4S/c13-9-6-10(8-4-2-1-3-5-8)12(14)11(7-9)18(15,16)17/h1-7,14H,13H2,(H,15,16,17). The van der Waals surface area contributed by atoms with Gasteiger partial charge in [0.1, 0.15) is 10.6 Å². The lowest BCUT2D eigenvalue weighted by Gasteiger charge is -2.09. The third kappa shape index (κ3) is 2.29. The van der Waals surface area contributed by atoms with Crippen LogP contribution in [0.15, 0.2) is 47.4 Å². The average molecular weight is 265 g/mol. The van der Waals surface area contributed by atoms with Crippen molar-refractivity contribution in [3.8, 4) is 16.9 Å². The van der Waals surface area contributed by atoms with Crippen LogP contribution in [0.3, 0.4) is 0 Å². The Labute approximate surface area is 104 Å². The number of phenolic OH excluding ortho intramolecular Hbond substituents is 1. The highest BCUT2D eigenvalue weighted by Crippen LogP contribution is 2.36. The number of aromatic hydroxyl groups is 1. The Balaban J connectivity index is 2.75. The third-order valence-corrected chi connectivity index (χ3v) is 3.33. The lowest BCUT2D eigenvalue weighted by Crippen LogP contribution is -2.01. The summed E-state index contributed by atoms with van der Waals surface area (Å²) in [5, 5.41) is 9.91. The van der Waals surface area contributed by atoms with Crippen LogP contribution in [-0.2, 0) is 10.1 Å². The van der Waals surface area contributed by atoms with Crippen LogP contribution < -0.4 is 5.73 Å². The van der Waals surface area contributed by atoms with Gasteiger partial charge in [-0.1, -0.05) is 30.3 Å². The molecule has 0 aliphatic rings. The largest absolute Gasteiger partial charge is 0.506 e. The maximum Gasteiger partial charge on any atom is 0.298 e. The van der Waals surface area contributed by atoms with Crippen molar-refractivity contribution in [1.29, 1.82) is 0 Å². The second kappa shape index (κ2) is 4.32. The molecule has 2 aromatic carbocycles. The van der Waals surface area contributed by atoms with E-state index >= 15 is 0 Å². The minimum absolute atomic E-state index is 0.138. The van der Waals surface area contributed by atoms with Crippen LogP contribution in [-0.4, -0.2) is 18.1 Å². The van der Waals surface area contributed by atoms with E-state index in [-0.39, 0.29) is 11.3 Å². The summed E-state index contributed by atoms with van der Waals surface area (Å²) in [6, 6.07) is 11.1. The Bertz CT molecular complexity index is 681. The van der Waals surface area contributed by atoms with Gasteiger partial charge >= 0.3 is 0 Å². The highest BCUT2D eigenvalue weighted by molar-refractivity contribution is 7.86. The molecule has 0 fully saturated rings. The van der Waals surface area contributed by atoms with E-state index < -0.39 is 20.8 Å². The van der Waals surface area contributed by atoms with Crippen molar-refractivity contribution in [3.05, 3.63) is 42.5 Å². The lowest BCUT2D eigenvalue weighted by atomic mass is 10.0. The number of rotatable bonds is 2. The predicted molar refractivity (Wildman–Crippen MR) is 67.8 cm³/mol. The van der Waals surface area contributed by atoms with Crippen molar-refractivity contribution >= 4 is 15.8 Å². The summed E-state index contributed by atoms with van der Waals surface area (Å²) in [6.07, 6.45) is 0. The molecule has 2 aromatic rings. The summed E-state index contributed by atoms with van der Waals surface area (Å²) in [6.45, 7) is 0. The zero-order valence-corrected chi connectivity index (χ0v) is 10.1. The predicted octanol–water partition coefficient (Wildman–Crippen LogP) is 1.89. The minimum atomic E-state index is -4.52. The smallest absolute Gasteiger partial charge is 0.298 e. The van der Waals surface area contributed by atoms with E-state index in [4.69, 9.17) is 10.3 Å². The van der Waals surface area contributed by atoms with Gasteiger partial charge < -0.3 is 10.8 Å². The molecule has 0 aliphatic carbocycles. The molecule has 5 nitrogen and oxygen atoms in total. The fourth-order valence-corrected chi connectivity index (χ4v) is 2.30. The molecule has 4 N–H and O–H groups in total. The Morgan fingerprint density at radius 2 is 1.67 bits per heavy atom. The normalized spacial score (nSPS) is 11.4. The van der Waals surface area contributed by atoms with Gasteiger partial charge in [0.2, 0.25) is 0 Å². The second-order valence-corrected chi connectivity index (χ2v) is 5.15. The van der Waals surface area contributed by atoms with Gasteiger partial charge in [-0.2, -0.15) is 8.42 Å². The summed E-state index contributed by atoms with van der Waals surface area (Å²) in [5.41, 5.74) is 6.57. The van der Waals surface area contributed by atoms with Gasteiger partial charge in [0.05, 0.1) is 0 Å². The SMILES string of the molecule is Nc1cc(-c2ccccc2)c(O)c(S(=O)(=O)O)c1. The highest BCUT2D eigenvalue weighted by atomic mass is 32.2. The molecular weight excluding hydrogens is 254 g/mol. The maximum atomic E-state index is 11.1. The first-order valence-electron chi connectivity index (χ1n) is 5.05. The van der Waals surface area contributed by atoms with E-state index in [9.17, 15) is 13.5 Å². The first-order valence-corrected chi connectivity index (χ1v) is 6.49. The third-order valence-electron chi connectivity index (χ3n) is 2.46. The monoisotopic (exact) mass is 265 g/mol. The fourth-order valence-electron chi connectivity index (χ4n) is 1.66. The molecule has 0 radical (unpaired) electrons. The number of phenols is 1. The van der Waals surface area contributed by atoms with E-state index in [0.29, 0.717) is 5.56 Å². The number of nitrogen functional groups attached to an aromatic ring is 1. The van der Waals surface area contributed by atoms with Crippen molar-refractivity contribution in [2.24, 2.45) is 0 Å². The number of nitrogens with two attached hydrogens (primary N) is 1. The van der Waals surface area contributed by atoms with Crippen LogP contribution in [0.1, 0.15) is 0 Å². The average Bonchev–Trinajstić information content (AvgIpc) is 2.31. The Kier molecular flexibility index (Phi) is 2.98. The Morgan fingerprint density at radius 3 is 2.22 bits per heavy atom. The lowest BCUT2D eigenvalue weighted by molar-refractivity contribution is 0.445. The van der Waals surface area contributed by atoms with Crippen LogP contribution in [0.5, 0.6) is 5.75 Å². The molecule has 0 bridgehead atoms. The summed E-state index contributed by atoms with van der Waals surface area (Å²) in [7, 11) is -4.52. The van der Waals surface area contributed by atoms with E-state index in [1.165, 1.54) is 6.07 Å². The molecule has 18 heavy (non-hydrogen) atoms. The number of anilines is 1. The molecule has 0 atom stereocenters. The van der Waals surface area contributed by atoms with Gasteiger partial charge in [-0.05, 0) is 17.7 Å². The van der Waals surface area contributed by atoms with Gasteiger partial charge in [0.15, 0.2) is 0 Å². The molecule has 0 heterocycles. The molecule has 2 rings (SSSR count). The van der Waals surface area contributed by atoms with Crippen LogP contribution in [0, 0.1) is 0 Å². The first-order chi connectivity index (χ1) is 8.39. The molecule has 0 saturated carbocycles. The van der Waals surface area contributed by atoms with Crippen LogP contribution in [0.2, 0.25) is 0 Å². The van der Waals surface area contributed by atoms with Crippen molar-refractivity contribution in [1.82, 2.24) is 0 Å². The first kappa shape index (κ1) is 12.4. The van der Waals surface area contributed by atoms with Gasteiger partial charge in [0.25, 0.3) is 10.1 Å². The zero-order valence-electron chi connectivity index (χ0n) is 9.24. The van der Waals surface area contributed by atoms with Gasteiger partial charge in [-0.25, -0.2) is 0 Å². The molecular formula is C12H11NO4S. The van der Waals surface area contributed by atoms with E-state index in [0.717, 1.165) is 6.07 Å². The van der Waals surface area contributed by atoms with Crippen LogP contribution in [0.4, 0.5) is 5.69 Å². The number of benzene rings is 2. The maximum absolute atomic E-state index is 11.1. The second-order valence-electron chi connectivity index (χ2n) is 3.76. The number of hydrogen-bond acceptors (Lipinski definition) is 4. The summed E-state index contributed by atoms with van der Waals surface area (Å²) in [5.74, 6) is -0.516. The van der Waals surface area contributed by atoms with Crippen molar-refractivity contribution in [2.45, 2.75) is 4.90 Å². The molecule has 0 amide bonds. The minimum Gasteiger partial charge on any atom is -0.506 e. The summed E-state index contributed by atoms with van der Waals surface area (Å²) >= 11 is 0. The molecule has 0 saturated heterocycles. The van der Waals surface area contributed by atoms with E-state index in [2.05, 4.69) is 0 Å². The van der Waals surface area contributed by atoms with E-state index in [1.54, 1.807) is 30.3 Å². The highest BCUT2D eigenvalue weighted by Gasteiger charge is 2.19. The van der Waals surface area contributed by atoms with Gasteiger partial charge in [-0.3, -0.25) is 4.55 Å². The summed E-state index contributed by atoms with van der Waals surface area (Å²) in [4.78, 5) is -0.596. The molecule has 0 aliphatic heterocycles. The van der Waals surface area contributed by atoms with Gasteiger partial charge in [-0.15, -0.1) is 0 Å². The Hall–Kier alpha value is -2.05. The molecule has 6 heteroatoms.